The topological polar surface area (TPSA) is 17.1 Å². The van der Waals surface area contributed by atoms with Crippen LogP contribution in [0.5, 0.6) is 0 Å². The van der Waals surface area contributed by atoms with Gasteiger partial charge in [0.25, 0.3) is 0 Å². The zero-order chi connectivity index (χ0) is 7.72. The lowest BCUT2D eigenvalue weighted by Gasteiger charge is -2.27. The fraction of sp³-hybridized carbons (Fsp3) is 1.00. The summed E-state index contributed by atoms with van der Waals surface area (Å²) in [5.74, 6) is 0. The van der Waals surface area contributed by atoms with Crippen LogP contribution in [0.3, 0.4) is 0 Å². The molecule has 1 fully saturated rings. The summed E-state index contributed by atoms with van der Waals surface area (Å²) in [6.07, 6.45) is 1.11. The van der Waals surface area contributed by atoms with Gasteiger partial charge >= 0.3 is 0 Å². The molecule has 3 heteroatoms. The van der Waals surface area contributed by atoms with Gasteiger partial charge in [0.15, 0.2) is 0 Å². The Morgan fingerprint density at radius 2 is 2.00 bits per heavy atom. The van der Waals surface area contributed by atoms with Gasteiger partial charge in [-0.2, -0.15) is 0 Å². The van der Waals surface area contributed by atoms with Gasteiger partial charge in [0.05, 0.1) is 4.58 Å². The standard InChI is InChI=1S/C7H14OS2/c1-5-4-6(2)10(8)7(3)9-5/h5-7H,4H2,1-3H3/t5-,6?,7-,10?/m1/s1. The molecule has 2 unspecified atom stereocenters. The lowest BCUT2D eigenvalue weighted by molar-refractivity contribution is 0.658. The maximum Gasteiger partial charge on any atom is 0.0778 e. The van der Waals surface area contributed by atoms with Crippen LogP contribution in [-0.2, 0) is 10.8 Å². The van der Waals surface area contributed by atoms with Gasteiger partial charge in [0.1, 0.15) is 0 Å². The molecule has 60 valence electrons. The SMILES string of the molecule is CC1C[C@@H](C)S[C@@H](C)S1=O. The van der Waals surface area contributed by atoms with Gasteiger partial charge in [0.2, 0.25) is 0 Å². The first kappa shape index (κ1) is 8.60. The highest BCUT2D eigenvalue weighted by atomic mass is 32.2. The molecule has 0 bridgehead atoms. The Hall–Kier alpha value is 0.500. The zero-order valence-electron chi connectivity index (χ0n) is 6.66. The van der Waals surface area contributed by atoms with E-state index in [-0.39, 0.29) is 0 Å². The van der Waals surface area contributed by atoms with Crippen LogP contribution in [0.15, 0.2) is 0 Å². The number of hydrogen-bond acceptors (Lipinski definition) is 2. The second kappa shape index (κ2) is 3.26. The molecule has 10 heavy (non-hydrogen) atoms. The maximum absolute atomic E-state index is 11.4. The average molecular weight is 178 g/mol. The summed E-state index contributed by atoms with van der Waals surface area (Å²) in [7, 11) is -0.587. The van der Waals surface area contributed by atoms with Crippen LogP contribution >= 0.6 is 11.8 Å². The van der Waals surface area contributed by atoms with E-state index in [1.54, 1.807) is 0 Å². The van der Waals surface area contributed by atoms with Gasteiger partial charge in [-0.05, 0) is 13.3 Å². The normalized spacial score (nSPS) is 49.1. The highest BCUT2D eigenvalue weighted by Gasteiger charge is 2.27. The van der Waals surface area contributed by atoms with Gasteiger partial charge in [-0.25, -0.2) is 0 Å². The average Bonchev–Trinajstić information content (AvgIpc) is 1.82. The molecule has 1 rings (SSSR count). The molecule has 0 aromatic carbocycles. The molecule has 1 aliphatic heterocycles. The van der Waals surface area contributed by atoms with Crippen LogP contribution < -0.4 is 0 Å². The molecule has 1 aliphatic rings. The molecule has 0 radical (unpaired) electrons. The smallest absolute Gasteiger partial charge is 0.0778 e. The molecule has 1 nitrogen and oxygen atoms in total. The third-order valence-corrected chi connectivity index (χ3v) is 5.39. The second-order valence-corrected chi connectivity index (χ2v) is 7.14. The predicted octanol–water partition coefficient (Wildman–Crippen LogP) is 2.00. The van der Waals surface area contributed by atoms with Gasteiger partial charge < -0.3 is 0 Å². The van der Waals surface area contributed by atoms with Crippen molar-refractivity contribution in [3.05, 3.63) is 0 Å². The van der Waals surface area contributed by atoms with E-state index in [1.807, 2.05) is 11.8 Å². The maximum atomic E-state index is 11.4. The number of rotatable bonds is 0. The third-order valence-electron chi connectivity index (χ3n) is 1.81. The Morgan fingerprint density at radius 1 is 1.40 bits per heavy atom. The minimum Gasteiger partial charge on any atom is -0.258 e. The molecule has 0 amide bonds. The summed E-state index contributed by atoms with van der Waals surface area (Å²) in [5, 5.41) is 1.11. The molecule has 0 N–H and O–H groups in total. The zero-order valence-corrected chi connectivity index (χ0v) is 8.30. The van der Waals surface area contributed by atoms with Gasteiger partial charge in [-0.3, -0.25) is 4.21 Å². The van der Waals surface area contributed by atoms with Crippen LogP contribution in [-0.4, -0.2) is 19.3 Å². The molecule has 1 heterocycles. The molecule has 0 spiro atoms. The van der Waals surface area contributed by atoms with E-state index >= 15 is 0 Å². The van der Waals surface area contributed by atoms with Crippen molar-refractivity contribution in [3.8, 4) is 0 Å². The van der Waals surface area contributed by atoms with E-state index in [9.17, 15) is 4.21 Å². The Balaban J connectivity index is 2.57. The van der Waals surface area contributed by atoms with Crippen LogP contribution in [0.2, 0.25) is 0 Å². The monoisotopic (exact) mass is 178 g/mol. The van der Waals surface area contributed by atoms with Gasteiger partial charge in [0, 0.05) is 21.3 Å². The van der Waals surface area contributed by atoms with Crippen LogP contribution in [0.4, 0.5) is 0 Å². The van der Waals surface area contributed by atoms with Gasteiger partial charge in [-0.15, -0.1) is 11.8 Å². The minimum atomic E-state index is -0.587. The van der Waals surface area contributed by atoms with Crippen molar-refractivity contribution in [3.63, 3.8) is 0 Å². The first-order valence-electron chi connectivity index (χ1n) is 3.66. The molecular formula is C7H14OS2. The van der Waals surface area contributed by atoms with Crippen molar-refractivity contribution in [2.24, 2.45) is 0 Å². The van der Waals surface area contributed by atoms with Crippen molar-refractivity contribution in [2.45, 2.75) is 42.3 Å². The predicted molar refractivity (Wildman–Crippen MR) is 48.7 cm³/mol. The quantitative estimate of drug-likeness (QED) is 0.564. The molecule has 1 saturated heterocycles. The lowest BCUT2D eigenvalue weighted by atomic mass is 10.3. The number of thioether (sulfide) groups is 1. The van der Waals surface area contributed by atoms with E-state index in [0.29, 0.717) is 15.1 Å². The minimum absolute atomic E-state index is 0.346. The highest BCUT2D eigenvalue weighted by Crippen LogP contribution is 2.32. The summed E-state index contributed by atoms with van der Waals surface area (Å²) in [6, 6.07) is 0. The van der Waals surface area contributed by atoms with Crippen molar-refractivity contribution >= 4 is 22.6 Å². The second-order valence-electron chi connectivity index (χ2n) is 2.89. The molecule has 0 aliphatic carbocycles. The van der Waals surface area contributed by atoms with E-state index in [1.165, 1.54) is 0 Å². The summed E-state index contributed by atoms with van der Waals surface area (Å²) in [4.78, 5) is 0. The fourth-order valence-electron chi connectivity index (χ4n) is 1.33. The van der Waals surface area contributed by atoms with Gasteiger partial charge in [-0.1, -0.05) is 13.8 Å². The number of hydrogen-bond donors (Lipinski definition) is 0. The largest absolute Gasteiger partial charge is 0.258 e. The lowest BCUT2D eigenvalue weighted by Crippen LogP contribution is -2.29. The first-order chi connectivity index (χ1) is 4.61. The van der Waals surface area contributed by atoms with E-state index in [4.69, 9.17) is 0 Å². The Morgan fingerprint density at radius 3 is 2.50 bits per heavy atom. The van der Waals surface area contributed by atoms with Crippen LogP contribution in [0.25, 0.3) is 0 Å². The molecule has 0 aromatic heterocycles. The summed E-state index contributed by atoms with van der Waals surface area (Å²) >= 11 is 1.85. The summed E-state index contributed by atoms with van der Waals surface area (Å²) in [5.41, 5.74) is 0. The van der Waals surface area contributed by atoms with Crippen molar-refractivity contribution < 1.29 is 4.21 Å². The van der Waals surface area contributed by atoms with E-state index in [0.717, 1.165) is 6.42 Å². The van der Waals surface area contributed by atoms with Crippen LogP contribution in [0.1, 0.15) is 27.2 Å². The van der Waals surface area contributed by atoms with E-state index in [2.05, 4.69) is 20.8 Å². The fourth-order valence-corrected chi connectivity index (χ4v) is 5.21. The van der Waals surface area contributed by atoms with Crippen molar-refractivity contribution in [2.75, 3.05) is 0 Å². The first-order valence-corrected chi connectivity index (χ1v) is 5.88. The van der Waals surface area contributed by atoms with Crippen LogP contribution in [0, 0.1) is 0 Å². The molecule has 0 aromatic rings. The third kappa shape index (κ3) is 1.76. The van der Waals surface area contributed by atoms with Crippen molar-refractivity contribution in [1.29, 1.82) is 0 Å². The molecular weight excluding hydrogens is 164 g/mol. The molecule has 4 atom stereocenters. The van der Waals surface area contributed by atoms with Crippen molar-refractivity contribution in [1.82, 2.24) is 0 Å². The Labute approximate surface area is 69.4 Å². The van der Waals surface area contributed by atoms with E-state index < -0.39 is 10.8 Å². The molecule has 0 saturated carbocycles. The summed E-state index contributed by atoms with van der Waals surface area (Å²) in [6.45, 7) is 6.36. The Kier molecular flexibility index (Phi) is 2.81. The highest BCUT2D eigenvalue weighted by molar-refractivity contribution is 8.12. The summed E-state index contributed by atoms with van der Waals surface area (Å²) < 4.78 is 11.7. The Bertz CT molecular complexity index is 133.